The molecule has 2 amide bonds. The van der Waals surface area contributed by atoms with Gasteiger partial charge in [-0.1, -0.05) is 0 Å². The van der Waals surface area contributed by atoms with Gasteiger partial charge in [-0.2, -0.15) is 0 Å². The molecular formula is C11H12N2O3S. The van der Waals surface area contributed by atoms with E-state index < -0.39 is 5.37 Å². The number of nitrogens with one attached hydrogen (secondary N) is 2. The predicted octanol–water partition coefficient (Wildman–Crippen LogP) is 1.81. The Morgan fingerprint density at radius 2 is 2.06 bits per heavy atom. The number of carbonyl (C=O) groups excluding carboxylic acids is 2. The molecule has 5 nitrogen and oxygen atoms in total. The molecule has 0 bridgehead atoms. The number of ether oxygens (including phenoxy) is 1. The Kier molecular flexibility index (Phi) is 3.53. The molecular weight excluding hydrogens is 240 g/mol. The molecule has 17 heavy (non-hydrogen) atoms. The summed E-state index contributed by atoms with van der Waals surface area (Å²) in [6.07, 6.45) is 0. The quantitative estimate of drug-likeness (QED) is 0.855. The van der Waals surface area contributed by atoms with E-state index in [1.807, 2.05) is 31.2 Å². The molecule has 0 aliphatic carbocycles. The highest BCUT2D eigenvalue weighted by Crippen LogP contribution is 2.23. The summed E-state index contributed by atoms with van der Waals surface area (Å²) in [4.78, 5) is 22.3. The lowest BCUT2D eigenvalue weighted by molar-refractivity contribution is -0.118. The Hall–Kier alpha value is -1.69. The molecule has 1 atom stereocenters. The van der Waals surface area contributed by atoms with Crippen molar-refractivity contribution in [2.24, 2.45) is 0 Å². The van der Waals surface area contributed by atoms with E-state index in [-0.39, 0.29) is 11.1 Å². The maximum absolute atomic E-state index is 11.3. The molecule has 90 valence electrons. The van der Waals surface area contributed by atoms with Gasteiger partial charge in [0.1, 0.15) is 5.75 Å². The monoisotopic (exact) mass is 252 g/mol. The number of anilines is 1. The van der Waals surface area contributed by atoms with E-state index in [9.17, 15) is 9.59 Å². The molecule has 0 unspecified atom stereocenters. The lowest BCUT2D eigenvalue weighted by Crippen LogP contribution is -2.29. The van der Waals surface area contributed by atoms with Crippen LogP contribution in [-0.4, -0.2) is 23.1 Å². The van der Waals surface area contributed by atoms with Gasteiger partial charge in [-0.3, -0.25) is 14.9 Å². The second kappa shape index (κ2) is 5.09. The summed E-state index contributed by atoms with van der Waals surface area (Å²) in [5.74, 6) is 0.464. The molecule has 6 heteroatoms. The number of imide groups is 1. The number of hydrogen-bond acceptors (Lipinski definition) is 5. The third-order valence-corrected chi connectivity index (χ3v) is 3.04. The standard InChI is InChI=1S/C11H12N2O3S/c1-2-16-8-5-3-7(4-6-8)12-10-9(14)13-11(15)17-10/h3-6,10,12H,2H2,1H3,(H,13,14,15)/t10-/m0/s1. The average Bonchev–Trinajstić information content (AvgIpc) is 2.61. The maximum atomic E-state index is 11.3. The molecule has 1 heterocycles. The summed E-state index contributed by atoms with van der Waals surface area (Å²) in [6.45, 7) is 2.53. The fraction of sp³-hybridized carbons (Fsp3) is 0.273. The first kappa shape index (κ1) is 11.8. The zero-order valence-electron chi connectivity index (χ0n) is 9.23. The van der Waals surface area contributed by atoms with Crippen LogP contribution in [0.1, 0.15) is 6.92 Å². The summed E-state index contributed by atoms with van der Waals surface area (Å²) in [7, 11) is 0. The van der Waals surface area contributed by atoms with Crippen LogP contribution in [0.25, 0.3) is 0 Å². The van der Waals surface area contributed by atoms with E-state index in [0.29, 0.717) is 6.61 Å². The van der Waals surface area contributed by atoms with Crippen LogP contribution in [0, 0.1) is 0 Å². The van der Waals surface area contributed by atoms with Gasteiger partial charge < -0.3 is 10.1 Å². The van der Waals surface area contributed by atoms with Crippen LogP contribution in [0.3, 0.4) is 0 Å². The third kappa shape index (κ3) is 2.91. The maximum Gasteiger partial charge on any atom is 0.288 e. The van der Waals surface area contributed by atoms with Crippen molar-refractivity contribution < 1.29 is 14.3 Å². The Morgan fingerprint density at radius 1 is 1.35 bits per heavy atom. The number of carbonyl (C=O) groups is 2. The largest absolute Gasteiger partial charge is 0.494 e. The van der Waals surface area contributed by atoms with Crippen molar-refractivity contribution in [2.75, 3.05) is 11.9 Å². The highest BCUT2D eigenvalue weighted by molar-refractivity contribution is 8.15. The molecule has 1 aromatic rings. The average molecular weight is 252 g/mol. The third-order valence-electron chi connectivity index (χ3n) is 2.15. The summed E-state index contributed by atoms with van der Waals surface area (Å²) in [5, 5.41) is 4.31. The van der Waals surface area contributed by atoms with Crippen LogP contribution in [0.4, 0.5) is 10.5 Å². The minimum Gasteiger partial charge on any atom is -0.494 e. The lowest BCUT2D eigenvalue weighted by Gasteiger charge is -2.10. The summed E-state index contributed by atoms with van der Waals surface area (Å²) >= 11 is 0.941. The van der Waals surface area contributed by atoms with E-state index in [1.54, 1.807) is 0 Å². The van der Waals surface area contributed by atoms with Gasteiger partial charge in [0.2, 0.25) is 0 Å². The van der Waals surface area contributed by atoms with Gasteiger partial charge in [-0.25, -0.2) is 0 Å². The van der Waals surface area contributed by atoms with Crippen molar-refractivity contribution >= 4 is 28.6 Å². The normalized spacial score (nSPS) is 19.0. The van der Waals surface area contributed by atoms with E-state index in [0.717, 1.165) is 23.2 Å². The van der Waals surface area contributed by atoms with Gasteiger partial charge in [0, 0.05) is 5.69 Å². The SMILES string of the molecule is CCOc1ccc(N[C@H]2SC(=O)NC2=O)cc1. The van der Waals surface area contributed by atoms with Crippen molar-refractivity contribution in [1.82, 2.24) is 5.32 Å². The number of benzene rings is 1. The number of hydrogen-bond donors (Lipinski definition) is 2. The van der Waals surface area contributed by atoms with Gasteiger partial charge in [0.25, 0.3) is 11.1 Å². The van der Waals surface area contributed by atoms with Crippen LogP contribution in [0.2, 0.25) is 0 Å². The first-order valence-electron chi connectivity index (χ1n) is 5.20. The lowest BCUT2D eigenvalue weighted by atomic mass is 10.3. The molecule has 2 N–H and O–H groups in total. The summed E-state index contributed by atoms with van der Waals surface area (Å²) in [6, 6.07) is 7.24. The highest BCUT2D eigenvalue weighted by Gasteiger charge is 2.31. The fourth-order valence-electron chi connectivity index (χ4n) is 1.42. The van der Waals surface area contributed by atoms with E-state index in [2.05, 4.69) is 10.6 Å². The zero-order valence-corrected chi connectivity index (χ0v) is 10.0. The van der Waals surface area contributed by atoms with Crippen LogP contribution >= 0.6 is 11.8 Å². The molecule has 1 aromatic carbocycles. The van der Waals surface area contributed by atoms with E-state index in [4.69, 9.17) is 4.74 Å². The zero-order chi connectivity index (χ0) is 12.3. The van der Waals surface area contributed by atoms with Crippen molar-refractivity contribution in [3.05, 3.63) is 24.3 Å². The van der Waals surface area contributed by atoms with Gasteiger partial charge in [0.05, 0.1) is 6.61 Å². The Bertz CT molecular complexity index is 433. The summed E-state index contributed by atoms with van der Waals surface area (Å²) in [5.41, 5.74) is 0.774. The molecule has 0 spiro atoms. The van der Waals surface area contributed by atoms with Crippen molar-refractivity contribution in [1.29, 1.82) is 0 Å². The van der Waals surface area contributed by atoms with Gasteiger partial charge in [0.15, 0.2) is 5.37 Å². The van der Waals surface area contributed by atoms with Gasteiger partial charge >= 0.3 is 0 Å². The van der Waals surface area contributed by atoms with Crippen LogP contribution in [-0.2, 0) is 4.79 Å². The number of rotatable bonds is 4. The molecule has 1 saturated heterocycles. The molecule has 1 fully saturated rings. The first-order chi connectivity index (χ1) is 8.19. The summed E-state index contributed by atoms with van der Waals surface area (Å²) < 4.78 is 5.30. The Labute approximate surface area is 103 Å². The predicted molar refractivity (Wildman–Crippen MR) is 66.2 cm³/mol. The second-order valence-corrected chi connectivity index (χ2v) is 4.45. The smallest absolute Gasteiger partial charge is 0.288 e. The first-order valence-corrected chi connectivity index (χ1v) is 6.08. The number of thioether (sulfide) groups is 1. The minimum atomic E-state index is -0.555. The molecule has 0 radical (unpaired) electrons. The Balaban J connectivity index is 1.99. The Morgan fingerprint density at radius 3 is 2.59 bits per heavy atom. The molecule has 1 aliphatic rings. The molecule has 2 rings (SSSR count). The van der Waals surface area contributed by atoms with E-state index >= 15 is 0 Å². The highest BCUT2D eigenvalue weighted by atomic mass is 32.2. The van der Waals surface area contributed by atoms with Crippen LogP contribution < -0.4 is 15.4 Å². The van der Waals surface area contributed by atoms with Crippen molar-refractivity contribution in [3.63, 3.8) is 0 Å². The van der Waals surface area contributed by atoms with Gasteiger partial charge in [-0.15, -0.1) is 0 Å². The fourth-order valence-corrected chi connectivity index (χ4v) is 2.15. The van der Waals surface area contributed by atoms with Crippen LogP contribution in [0.15, 0.2) is 24.3 Å². The topological polar surface area (TPSA) is 67.4 Å². The van der Waals surface area contributed by atoms with E-state index in [1.165, 1.54) is 0 Å². The van der Waals surface area contributed by atoms with Crippen LogP contribution in [0.5, 0.6) is 5.75 Å². The minimum absolute atomic E-state index is 0.311. The number of amides is 2. The van der Waals surface area contributed by atoms with Gasteiger partial charge in [-0.05, 0) is 43.0 Å². The van der Waals surface area contributed by atoms with Crippen molar-refractivity contribution in [2.45, 2.75) is 12.3 Å². The molecule has 1 aliphatic heterocycles. The van der Waals surface area contributed by atoms with Crippen molar-refractivity contribution in [3.8, 4) is 5.75 Å². The second-order valence-electron chi connectivity index (χ2n) is 3.38. The molecule has 0 aromatic heterocycles. The molecule has 0 saturated carbocycles.